The van der Waals surface area contributed by atoms with Gasteiger partial charge in [0.2, 0.25) is 0 Å². The average molecular weight is 294 g/mol. The number of hydrogen-bond acceptors (Lipinski definition) is 1. The van der Waals surface area contributed by atoms with Gasteiger partial charge < -0.3 is 5.32 Å². The van der Waals surface area contributed by atoms with Gasteiger partial charge >= 0.3 is 0 Å². The minimum atomic E-state index is -0.778. The van der Waals surface area contributed by atoms with Crippen molar-refractivity contribution in [3.8, 4) is 0 Å². The maximum atomic E-state index is 13.0. The van der Waals surface area contributed by atoms with Crippen LogP contribution in [0.5, 0.6) is 0 Å². The number of rotatable bonds is 2. The summed E-state index contributed by atoms with van der Waals surface area (Å²) in [4.78, 5) is 0. The summed E-state index contributed by atoms with van der Waals surface area (Å²) < 4.78 is 13.0. The highest BCUT2D eigenvalue weighted by Gasteiger charge is 2.39. The Labute approximate surface area is 125 Å². The minimum Gasteiger partial charge on any atom is -0.313 e. The van der Waals surface area contributed by atoms with Crippen molar-refractivity contribution in [3.63, 3.8) is 0 Å². The first-order valence-electron chi connectivity index (χ1n) is 7.04. The van der Waals surface area contributed by atoms with Crippen molar-refractivity contribution in [2.24, 2.45) is 11.8 Å². The van der Waals surface area contributed by atoms with Crippen LogP contribution in [-0.2, 0) is 0 Å². The van der Waals surface area contributed by atoms with Gasteiger partial charge in [-0.15, -0.1) is 12.4 Å². The number of halogens is 2. The third-order valence-corrected chi connectivity index (χ3v) is 4.06. The Hall–Kier alpha value is -0.0800. The molecule has 1 saturated carbocycles. The quantitative estimate of drug-likeness (QED) is 0.694. The van der Waals surface area contributed by atoms with Crippen LogP contribution in [0.25, 0.3) is 0 Å². The molecule has 3 heteroatoms. The zero-order chi connectivity index (χ0) is 12.9. The van der Waals surface area contributed by atoms with E-state index in [-0.39, 0.29) is 25.8 Å². The van der Waals surface area contributed by atoms with Gasteiger partial charge in [-0.1, -0.05) is 46.8 Å². The van der Waals surface area contributed by atoms with Crippen molar-refractivity contribution in [2.45, 2.75) is 66.5 Å². The minimum absolute atomic E-state index is 0. The van der Waals surface area contributed by atoms with Gasteiger partial charge in [0.05, 0.1) is 0 Å². The predicted octanol–water partition coefficient (Wildman–Crippen LogP) is 5.15. The lowest BCUT2D eigenvalue weighted by molar-refractivity contribution is 0.0145. The van der Waals surface area contributed by atoms with E-state index in [9.17, 15) is 4.39 Å². The fraction of sp³-hybridized carbons (Fsp3) is 0.875. The second-order valence-electron chi connectivity index (χ2n) is 5.93. The summed E-state index contributed by atoms with van der Waals surface area (Å²) in [6, 6.07) is 0. The smallest absolute Gasteiger partial charge is 0.113 e. The Kier molecular flexibility index (Phi) is 10.9. The lowest BCUT2D eigenvalue weighted by Crippen LogP contribution is -2.37. The summed E-state index contributed by atoms with van der Waals surface area (Å²) in [6.07, 6.45) is 6.25. The van der Waals surface area contributed by atoms with Gasteiger partial charge in [0, 0.05) is 6.54 Å². The van der Waals surface area contributed by atoms with Crippen LogP contribution in [0.3, 0.4) is 0 Å². The third-order valence-electron chi connectivity index (χ3n) is 4.06. The molecule has 0 unspecified atom stereocenters. The van der Waals surface area contributed by atoms with Crippen molar-refractivity contribution < 1.29 is 4.39 Å². The molecule has 0 bridgehead atoms. The second kappa shape index (κ2) is 9.77. The SMILES string of the molecule is C.CC(C)C1(F)CCC1.CC(C)C1=CCNCC1.Cl. The Balaban J connectivity index is 0. The highest BCUT2D eigenvalue weighted by molar-refractivity contribution is 5.85. The normalized spacial score (nSPS) is 20.3. The zero-order valence-corrected chi connectivity index (χ0v) is 13.1. The lowest BCUT2D eigenvalue weighted by atomic mass is 9.74. The summed E-state index contributed by atoms with van der Waals surface area (Å²) in [5.41, 5.74) is 0.841. The molecule has 1 heterocycles. The van der Waals surface area contributed by atoms with Crippen molar-refractivity contribution in [3.05, 3.63) is 11.6 Å². The molecule has 0 atom stereocenters. The summed E-state index contributed by atoms with van der Waals surface area (Å²) in [5, 5.41) is 3.29. The maximum Gasteiger partial charge on any atom is 0.113 e. The van der Waals surface area contributed by atoms with Crippen LogP contribution in [0.15, 0.2) is 11.6 Å². The van der Waals surface area contributed by atoms with Crippen LogP contribution < -0.4 is 5.32 Å². The Morgan fingerprint density at radius 3 is 1.95 bits per heavy atom. The predicted molar refractivity (Wildman–Crippen MR) is 86.9 cm³/mol. The first-order valence-corrected chi connectivity index (χ1v) is 7.04. The van der Waals surface area contributed by atoms with E-state index in [0.717, 1.165) is 31.7 Å². The van der Waals surface area contributed by atoms with Gasteiger partial charge in [-0.25, -0.2) is 4.39 Å². The lowest BCUT2D eigenvalue weighted by Gasteiger charge is -2.37. The van der Waals surface area contributed by atoms with E-state index in [4.69, 9.17) is 0 Å². The molecule has 1 aliphatic carbocycles. The molecular formula is C16H33ClFN. The Bertz CT molecular complexity index is 257. The van der Waals surface area contributed by atoms with Crippen LogP contribution in [-0.4, -0.2) is 18.8 Å². The van der Waals surface area contributed by atoms with E-state index in [1.54, 1.807) is 5.57 Å². The van der Waals surface area contributed by atoms with Crippen LogP contribution in [0, 0.1) is 11.8 Å². The van der Waals surface area contributed by atoms with Crippen molar-refractivity contribution in [1.29, 1.82) is 0 Å². The Morgan fingerprint density at radius 2 is 1.79 bits per heavy atom. The largest absolute Gasteiger partial charge is 0.313 e. The molecule has 1 N–H and O–H groups in total. The van der Waals surface area contributed by atoms with Gasteiger partial charge in [-0.05, 0) is 44.1 Å². The molecule has 0 saturated heterocycles. The molecule has 2 aliphatic rings. The van der Waals surface area contributed by atoms with Crippen LogP contribution in [0.4, 0.5) is 4.39 Å². The fourth-order valence-electron chi connectivity index (χ4n) is 2.26. The molecule has 116 valence electrons. The molecule has 0 aromatic carbocycles. The molecule has 1 nitrogen and oxygen atoms in total. The van der Waals surface area contributed by atoms with E-state index in [1.807, 2.05) is 13.8 Å². The molecule has 1 aliphatic heterocycles. The number of hydrogen-bond donors (Lipinski definition) is 1. The average Bonchev–Trinajstić information content (AvgIpc) is 2.27. The van der Waals surface area contributed by atoms with E-state index in [2.05, 4.69) is 25.2 Å². The van der Waals surface area contributed by atoms with Crippen LogP contribution in [0.2, 0.25) is 0 Å². The van der Waals surface area contributed by atoms with Crippen molar-refractivity contribution in [1.82, 2.24) is 5.32 Å². The standard InChI is InChI=1S/C8H15N.C7H13F.CH4.ClH/c1-7(2)8-3-5-9-6-4-8;1-6(2)7(8)4-3-5-7;;/h3,7,9H,4-6H2,1-2H3;6H,3-5H2,1-2H3;1H4;1H. The zero-order valence-electron chi connectivity index (χ0n) is 12.3. The second-order valence-corrected chi connectivity index (χ2v) is 5.93. The van der Waals surface area contributed by atoms with E-state index in [0.29, 0.717) is 0 Å². The van der Waals surface area contributed by atoms with Crippen LogP contribution in [0.1, 0.15) is 60.8 Å². The van der Waals surface area contributed by atoms with Gasteiger partial charge in [-0.3, -0.25) is 0 Å². The summed E-state index contributed by atoms with van der Waals surface area (Å²) in [7, 11) is 0. The van der Waals surface area contributed by atoms with Gasteiger partial charge in [0.1, 0.15) is 5.67 Å². The van der Waals surface area contributed by atoms with E-state index < -0.39 is 5.67 Å². The fourth-order valence-corrected chi connectivity index (χ4v) is 2.26. The molecule has 19 heavy (non-hydrogen) atoms. The highest BCUT2D eigenvalue weighted by atomic mass is 35.5. The highest BCUT2D eigenvalue weighted by Crippen LogP contribution is 2.41. The first-order chi connectivity index (χ1) is 7.96. The third kappa shape index (κ3) is 6.76. The molecular weight excluding hydrogens is 261 g/mol. The summed E-state index contributed by atoms with van der Waals surface area (Å²) in [6.45, 7) is 10.7. The molecule has 0 aromatic heterocycles. The molecule has 0 radical (unpaired) electrons. The molecule has 0 amide bonds. The summed E-state index contributed by atoms with van der Waals surface area (Å²) in [5.74, 6) is 0.989. The van der Waals surface area contributed by atoms with Crippen molar-refractivity contribution >= 4 is 12.4 Å². The molecule has 0 aromatic rings. The molecule has 0 spiro atoms. The molecule has 2 rings (SSSR count). The number of nitrogens with one attached hydrogen (secondary N) is 1. The van der Waals surface area contributed by atoms with Crippen LogP contribution >= 0.6 is 12.4 Å². The van der Waals surface area contributed by atoms with Gasteiger partial charge in [0.25, 0.3) is 0 Å². The van der Waals surface area contributed by atoms with E-state index >= 15 is 0 Å². The molecule has 1 fully saturated rings. The van der Waals surface area contributed by atoms with Crippen molar-refractivity contribution in [2.75, 3.05) is 13.1 Å². The number of alkyl halides is 1. The Morgan fingerprint density at radius 1 is 1.21 bits per heavy atom. The first kappa shape index (κ1) is 21.2. The topological polar surface area (TPSA) is 12.0 Å². The van der Waals surface area contributed by atoms with Gasteiger partial charge in [-0.2, -0.15) is 0 Å². The maximum absolute atomic E-state index is 13.0. The van der Waals surface area contributed by atoms with E-state index in [1.165, 1.54) is 13.0 Å². The summed E-state index contributed by atoms with van der Waals surface area (Å²) >= 11 is 0. The van der Waals surface area contributed by atoms with Gasteiger partial charge in [0.15, 0.2) is 0 Å². The monoisotopic (exact) mass is 293 g/mol.